The summed E-state index contributed by atoms with van der Waals surface area (Å²) in [5.74, 6) is 0.304. The first-order valence-electron chi connectivity index (χ1n) is 6.38. The van der Waals surface area contributed by atoms with E-state index in [1.807, 2.05) is 0 Å². The molecule has 1 aromatic carbocycles. The number of carbonyl (C=O) groups is 1. The molecule has 1 N–H and O–H groups in total. The minimum atomic E-state index is -0.488. The van der Waals surface area contributed by atoms with E-state index < -0.39 is 5.97 Å². The Hall–Kier alpha value is -1.50. The number of carbonyl (C=O) groups excluding carboxylic acids is 1. The molecule has 0 saturated carbocycles. The number of hydrogen-bond donors (Lipinski definition) is 1. The Labute approximate surface area is 129 Å². The second-order valence-corrected chi connectivity index (χ2v) is 4.55. The molecule has 0 spiro atoms. The molecule has 0 saturated heterocycles. The van der Waals surface area contributed by atoms with Gasteiger partial charge in [0.2, 0.25) is 0 Å². The van der Waals surface area contributed by atoms with Crippen molar-refractivity contribution in [1.29, 1.82) is 0 Å². The topological polar surface area (TPSA) is 66.0 Å². The Morgan fingerprint density at radius 2 is 2.05 bits per heavy atom. The molecule has 0 unspecified atom stereocenters. The van der Waals surface area contributed by atoms with E-state index in [0.29, 0.717) is 29.7 Å². The molecule has 0 aliphatic rings. The van der Waals surface area contributed by atoms with E-state index in [0.717, 1.165) is 12.1 Å². The monoisotopic (exact) mass is 317 g/mol. The second-order valence-electron chi connectivity index (χ2n) is 4.14. The number of rotatable bonds is 9. The molecule has 21 heavy (non-hydrogen) atoms. The Morgan fingerprint density at radius 1 is 1.29 bits per heavy atom. The second kappa shape index (κ2) is 9.44. The summed E-state index contributed by atoms with van der Waals surface area (Å²) in [5, 5.41) is 3.58. The first-order chi connectivity index (χ1) is 10.1. The highest BCUT2D eigenvalue weighted by molar-refractivity contribution is 6.32. The Morgan fingerprint density at radius 3 is 2.67 bits per heavy atom. The lowest BCUT2D eigenvalue weighted by Gasteiger charge is -2.14. The van der Waals surface area contributed by atoms with Gasteiger partial charge in [0.1, 0.15) is 0 Å². The first-order valence-corrected chi connectivity index (χ1v) is 6.75. The third-order valence-electron chi connectivity index (χ3n) is 2.66. The first kappa shape index (κ1) is 17.6. The quantitative estimate of drug-likeness (QED) is 0.552. The predicted octanol–water partition coefficient (Wildman–Crippen LogP) is 1.64. The molecule has 0 amide bonds. The van der Waals surface area contributed by atoms with Crippen LogP contribution in [0.4, 0.5) is 0 Å². The number of nitrogens with one attached hydrogen (secondary N) is 1. The summed E-state index contributed by atoms with van der Waals surface area (Å²) in [7, 11) is 4.45. The maximum Gasteiger partial charge on any atom is 0.343 e. The third kappa shape index (κ3) is 5.79. The van der Waals surface area contributed by atoms with Gasteiger partial charge in [-0.2, -0.15) is 0 Å². The van der Waals surface area contributed by atoms with Crippen molar-refractivity contribution in [3.05, 3.63) is 22.7 Å². The summed E-state index contributed by atoms with van der Waals surface area (Å²) in [6, 6.07) is 3.56. The van der Waals surface area contributed by atoms with E-state index in [9.17, 15) is 4.79 Å². The fourth-order valence-corrected chi connectivity index (χ4v) is 1.90. The summed E-state index contributed by atoms with van der Waals surface area (Å²) in [4.78, 5) is 11.1. The number of esters is 1. The number of hydrogen-bond acceptors (Lipinski definition) is 6. The molecule has 1 rings (SSSR count). The van der Waals surface area contributed by atoms with Crippen LogP contribution in [-0.4, -0.2) is 47.1 Å². The fraction of sp³-hybridized carbons (Fsp3) is 0.500. The van der Waals surface area contributed by atoms with Gasteiger partial charge in [0, 0.05) is 20.2 Å². The molecule has 0 aliphatic heterocycles. The zero-order valence-electron chi connectivity index (χ0n) is 12.4. The summed E-state index contributed by atoms with van der Waals surface area (Å²) in [6.45, 7) is 1.76. The zero-order valence-corrected chi connectivity index (χ0v) is 13.2. The van der Waals surface area contributed by atoms with Gasteiger partial charge < -0.3 is 24.3 Å². The maximum atomic E-state index is 11.1. The highest BCUT2D eigenvalue weighted by Crippen LogP contribution is 2.36. The van der Waals surface area contributed by atoms with Gasteiger partial charge in [-0.25, -0.2) is 4.79 Å². The third-order valence-corrected chi connectivity index (χ3v) is 2.94. The smallest absolute Gasteiger partial charge is 0.343 e. The van der Waals surface area contributed by atoms with Crippen LogP contribution in [0.25, 0.3) is 0 Å². The van der Waals surface area contributed by atoms with E-state index in [4.69, 9.17) is 25.8 Å². The van der Waals surface area contributed by atoms with Crippen molar-refractivity contribution in [2.75, 3.05) is 41.1 Å². The summed E-state index contributed by atoms with van der Waals surface area (Å²) < 4.78 is 20.1. The molecular weight excluding hydrogens is 298 g/mol. The molecule has 0 radical (unpaired) electrons. The van der Waals surface area contributed by atoms with Gasteiger partial charge in [0.15, 0.2) is 18.1 Å². The van der Waals surface area contributed by atoms with Crippen LogP contribution in [0.3, 0.4) is 0 Å². The van der Waals surface area contributed by atoms with Gasteiger partial charge in [-0.05, 0) is 17.7 Å². The molecular formula is C14H20ClNO5. The number of ether oxygens (including phenoxy) is 4. The molecule has 7 heteroatoms. The van der Waals surface area contributed by atoms with E-state index in [2.05, 4.69) is 10.1 Å². The van der Waals surface area contributed by atoms with Crippen LogP contribution < -0.4 is 14.8 Å². The maximum absolute atomic E-state index is 11.1. The number of methoxy groups -OCH3 is 3. The lowest BCUT2D eigenvalue weighted by Crippen LogP contribution is -2.18. The lowest BCUT2D eigenvalue weighted by molar-refractivity contribution is -0.142. The SMILES string of the molecule is COCCNCc1cc(Cl)c(OCC(=O)OC)c(OC)c1. The predicted molar refractivity (Wildman–Crippen MR) is 79.1 cm³/mol. The van der Waals surface area contributed by atoms with Crippen LogP contribution in [0.2, 0.25) is 5.02 Å². The van der Waals surface area contributed by atoms with Gasteiger partial charge in [0.05, 0.1) is 25.8 Å². The van der Waals surface area contributed by atoms with Crippen LogP contribution in [0.5, 0.6) is 11.5 Å². The normalized spacial score (nSPS) is 10.3. The molecule has 0 aliphatic carbocycles. The largest absolute Gasteiger partial charge is 0.493 e. The van der Waals surface area contributed by atoms with Crippen molar-refractivity contribution in [1.82, 2.24) is 5.32 Å². The van der Waals surface area contributed by atoms with E-state index in [1.165, 1.54) is 14.2 Å². The molecule has 0 heterocycles. The standard InChI is InChI=1S/C14H20ClNO5/c1-18-5-4-16-8-10-6-11(15)14(12(7-10)19-2)21-9-13(17)20-3/h6-7,16H,4-5,8-9H2,1-3H3. The van der Waals surface area contributed by atoms with Crippen LogP contribution in [0.15, 0.2) is 12.1 Å². The summed E-state index contributed by atoms with van der Waals surface area (Å²) in [6.07, 6.45) is 0. The van der Waals surface area contributed by atoms with Crippen LogP contribution >= 0.6 is 11.6 Å². The van der Waals surface area contributed by atoms with Crippen molar-refractivity contribution >= 4 is 17.6 Å². The highest BCUT2D eigenvalue weighted by atomic mass is 35.5. The van der Waals surface area contributed by atoms with Gasteiger partial charge in [0.25, 0.3) is 0 Å². The van der Waals surface area contributed by atoms with Crippen LogP contribution in [-0.2, 0) is 20.8 Å². The minimum Gasteiger partial charge on any atom is -0.493 e. The zero-order chi connectivity index (χ0) is 15.7. The van der Waals surface area contributed by atoms with Gasteiger partial charge in [-0.3, -0.25) is 0 Å². The van der Waals surface area contributed by atoms with Crippen molar-refractivity contribution in [2.45, 2.75) is 6.54 Å². The Kier molecular flexibility index (Phi) is 7.89. The number of halogens is 1. The minimum absolute atomic E-state index is 0.224. The van der Waals surface area contributed by atoms with E-state index in [-0.39, 0.29) is 6.61 Å². The molecule has 0 aromatic heterocycles. The molecule has 1 aromatic rings. The van der Waals surface area contributed by atoms with Crippen molar-refractivity contribution in [2.24, 2.45) is 0 Å². The van der Waals surface area contributed by atoms with E-state index in [1.54, 1.807) is 19.2 Å². The van der Waals surface area contributed by atoms with Gasteiger partial charge >= 0.3 is 5.97 Å². The molecule has 0 atom stereocenters. The Bertz CT molecular complexity index is 467. The molecule has 118 valence electrons. The fourth-order valence-electron chi connectivity index (χ4n) is 1.61. The van der Waals surface area contributed by atoms with Gasteiger partial charge in [-0.1, -0.05) is 11.6 Å². The molecule has 0 bridgehead atoms. The summed E-state index contributed by atoms with van der Waals surface area (Å²) in [5.41, 5.74) is 0.943. The number of benzene rings is 1. The average molecular weight is 318 g/mol. The summed E-state index contributed by atoms with van der Waals surface area (Å²) >= 11 is 6.17. The Balaban J connectivity index is 2.74. The lowest BCUT2D eigenvalue weighted by atomic mass is 10.2. The average Bonchev–Trinajstić information content (AvgIpc) is 2.49. The van der Waals surface area contributed by atoms with Crippen molar-refractivity contribution in [3.8, 4) is 11.5 Å². The molecule has 0 fully saturated rings. The van der Waals surface area contributed by atoms with Crippen LogP contribution in [0.1, 0.15) is 5.56 Å². The van der Waals surface area contributed by atoms with Crippen molar-refractivity contribution < 1.29 is 23.7 Å². The van der Waals surface area contributed by atoms with Crippen LogP contribution in [0, 0.1) is 0 Å². The van der Waals surface area contributed by atoms with Gasteiger partial charge in [-0.15, -0.1) is 0 Å². The van der Waals surface area contributed by atoms with E-state index >= 15 is 0 Å². The highest BCUT2D eigenvalue weighted by Gasteiger charge is 2.13. The molecule has 6 nitrogen and oxygen atoms in total. The van der Waals surface area contributed by atoms with Crippen molar-refractivity contribution in [3.63, 3.8) is 0 Å².